The number of hydrogen-bond acceptors (Lipinski definition) is 1. The predicted octanol–water partition coefficient (Wildman–Crippen LogP) is 10.3. The lowest BCUT2D eigenvalue weighted by Crippen LogP contribution is -2.38. The van der Waals surface area contributed by atoms with E-state index in [1.54, 1.807) is 0 Å². The number of nitrogens with zero attached hydrogens (tertiary/aromatic N) is 1. The van der Waals surface area contributed by atoms with E-state index in [4.69, 9.17) is 11.6 Å². The van der Waals surface area contributed by atoms with Gasteiger partial charge in [-0.05, 0) is 102 Å². The van der Waals surface area contributed by atoms with Gasteiger partial charge in [-0.25, -0.2) is 0 Å². The fourth-order valence-corrected chi connectivity index (χ4v) is 5.87. The molecule has 1 nitrogen and oxygen atoms in total. The van der Waals surface area contributed by atoms with E-state index in [2.05, 4.69) is 111 Å². The highest BCUT2D eigenvalue weighted by Crippen LogP contribution is 2.45. The molecule has 0 aromatic heterocycles. The van der Waals surface area contributed by atoms with Gasteiger partial charge in [0, 0.05) is 22.4 Å². The summed E-state index contributed by atoms with van der Waals surface area (Å²) in [6, 6.07) is 12.0. The highest BCUT2D eigenvalue weighted by molar-refractivity contribution is 6.31. The van der Waals surface area contributed by atoms with Crippen molar-refractivity contribution in [1.29, 1.82) is 0 Å². The van der Waals surface area contributed by atoms with Crippen LogP contribution in [-0.2, 0) is 10.8 Å². The molecule has 34 heavy (non-hydrogen) atoms. The van der Waals surface area contributed by atoms with Crippen molar-refractivity contribution in [3.63, 3.8) is 0 Å². The van der Waals surface area contributed by atoms with Gasteiger partial charge in [-0.15, -0.1) is 0 Å². The molecule has 188 valence electrons. The molecule has 0 N–H and O–H groups in total. The van der Waals surface area contributed by atoms with Crippen LogP contribution in [-0.4, -0.2) is 6.04 Å². The van der Waals surface area contributed by atoms with E-state index in [0.29, 0.717) is 11.5 Å². The molecule has 0 aliphatic heterocycles. The molecule has 3 rings (SSSR count). The number of anilines is 2. The van der Waals surface area contributed by atoms with Gasteiger partial charge < -0.3 is 4.90 Å². The highest BCUT2D eigenvalue weighted by Gasteiger charge is 2.34. The topological polar surface area (TPSA) is 3.24 Å². The molecule has 0 spiro atoms. The lowest BCUT2D eigenvalue weighted by molar-refractivity contribution is 0.169. The maximum atomic E-state index is 6.75. The van der Waals surface area contributed by atoms with Crippen LogP contribution in [0.3, 0.4) is 0 Å². The van der Waals surface area contributed by atoms with Crippen LogP contribution in [0.2, 0.25) is 5.02 Å². The highest BCUT2D eigenvalue weighted by atomic mass is 35.5. The van der Waals surface area contributed by atoms with Crippen molar-refractivity contribution in [1.82, 2.24) is 0 Å². The third-order valence-corrected chi connectivity index (χ3v) is 8.13. The largest absolute Gasteiger partial charge is 0.338 e. The molecule has 1 saturated carbocycles. The average molecular weight is 482 g/mol. The Morgan fingerprint density at radius 2 is 1.15 bits per heavy atom. The van der Waals surface area contributed by atoms with Crippen molar-refractivity contribution in [3.8, 4) is 0 Å². The normalized spacial score (nSPS) is 19.9. The van der Waals surface area contributed by atoms with Gasteiger partial charge in [0.1, 0.15) is 0 Å². The standard InChI is InChI=1S/C32H48ClN/c1-21-16-24(31(6,7)8)17-22(2)29(21)34(27-14-12-23(13-15-27)30(3,4)5)28-19-25(32(9,10)11)18-26(33)20-28/h16-20,23,27H,12-15H2,1-11H3. The summed E-state index contributed by atoms with van der Waals surface area (Å²) < 4.78 is 0. The third-order valence-electron chi connectivity index (χ3n) is 7.91. The molecular weight excluding hydrogens is 434 g/mol. The van der Waals surface area contributed by atoms with Crippen molar-refractivity contribution in [2.75, 3.05) is 4.90 Å². The second kappa shape index (κ2) is 9.53. The molecule has 0 saturated heterocycles. The van der Waals surface area contributed by atoms with Crippen molar-refractivity contribution in [2.45, 2.75) is 119 Å². The molecule has 1 fully saturated rings. The Balaban J connectivity index is 2.15. The van der Waals surface area contributed by atoms with E-state index >= 15 is 0 Å². The van der Waals surface area contributed by atoms with Gasteiger partial charge in [-0.1, -0.05) is 86.0 Å². The van der Waals surface area contributed by atoms with Crippen molar-refractivity contribution in [3.05, 3.63) is 57.6 Å². The summed E-state index contributed by atoms with van der Waals surface area (Å²) in [6.45, 7) is 25.5. The summed E-state index contributed by atoms with van der Waals surface area (Å²) in [5, 5.41) is 0.831. The molecule has 0 heterocycles. The molecular formula is C32H48ClN. The van der Waals surface area contributed by atoms with E-state index in [1.807, 2.05) is 0 Å². The Kier molecular flexibility index (Phi) is 7.60. The van der Waals surface area contributed by atoms with Crippen LogP contribution in [0.5, 0.6) is 0 Å². The Bertz CT molecular complexity index is 982. The maximum absolute atomic E-state index is 6.75. The summed E-state index contributed by atoms with van der Waals surface area (Å²) in [6.07, 6.45) is 5.02. The Morgan fingerprint density at radius 1 is 0.676 bits per heavy atom. The van der Waals surface area contributed by atoms with E-state index < -0.39 is 0 Å². The number of aryl methyl sites for hydroxylation is 2. The zero-order chi connectivity index (χ0) is 25.6. The van der Waals surface area contributed by atoms with E-state index in [0.717, 1.165) is 10.9 Å². The molecule has 1 aliphatic carbocycles. The van der Waals surface area contributed by atoms with Crippen LogP contribution in [0, 0.1) is 25.2 Å². The first-order chi connectivity index (χ1) is 15.5. The number of rotatable bonds is 3. The lowest BCUT2D eigenvalue weighted by atomic mass is 9.71. The summed E-state index contributed by atoms with van der Waals surface area (Å²) in [5.41, 5.74) is 8.61. The molecule has 0 bridgehead atoms. The molecule has 0 radical (unpaired) electrons. The molecule has 1 aliphatic rings. The van der Waals surface area contributed by atoms with Gasteiger partial charge in [0.25, 0.3) is 0 Å². The molecule has 2 aromatic rings. The summed E-state index contributed by atoms with van der Waals surface area (Å²) >= 11 is 6.75. The van der Waals surface area contributed by atoms with Gasteiger partial charge in [-0.3, -0.25) is 0 Å². The quantitative estimate of drug-likeness (QED) is 0.421. The fraction of sp³-hybridized carbons (Fsp3) is 0.625. The first-order valence-corrected chi connectivity index (χ1v) is 13.6. The van der Waals surface area contributed by atoms with Crippen LogP contribution < -0.4 is 4.90 Å². The van der Waals surface area contributed by atoms with Gasteiger partial charge in [0.15, 0.2) is 0 Å². The van der Waals surface area contributed by atoms with Crippen molar-refractivity contribution >= 4 is 23.0 Å². The van der Waals surface area contributed by atoms with Gasteiger partial charge in [0.2, 0.25) is 0 Å². The van der Waals surface area contributed by atoms with Gasteiger partial charge in [0.05, 0.1) is 0 Å². The number of halogens is 1. The summed E-state index contributed by atoms with van der Waals surface area (Å²) in [4.78, 5) is 2.65. The zero-order valence-corrected chi connectivity index (χ0v) is 24.5. The molecule has 2 aromatic carbocycles. The SMILES string of the molecule is Cc1cc(C(C)(C)C)cc(C)c1N(c1cc(Cl)cc(C(C)(C)C)c1)C1CCC(C(C)(C)C)CC1. The molecule has 0 amide bonds. The van der Waals surface area contributed by atoms with Gasteiger partial charge in [-0.2, -0.15) is 0 Å². The fourth-order valence-electron chi connectivity index (χ4n) is 5.64. The summed E-state index contributed by atoms with van der Waals surface area (Å²) in [5.74, 6) is 0.792. The maximum Gasteiger partial charge on any atom is 0.0472 e. The average Bonchev–Trinajstić information content (AvgIpc) is 2.68. The summed E-state index contributed by atoms with van der Waals surface area (Å²) in [7, 11) is 0. The van der Waals surface area contributed by atoms with Crippen LogP contribution in [0.15, 0.2) is 30.3 Å². The Hall–Kier alpha value is -1.47. The van der Waals surface area contributed by atoms with Gasteiger partial charge >= 0.3 is 0 Å². The number of hydrogen-bond donors (Lipinski definition) is 0. The second-order valence-electron chi connectivity index (χ2n) is 13.9. The second-order valence-corrected chi connectivity index (χ2v) is 14.3. The van der Waals surface area contributed by atoms with Crippen LogP contribution in [0.4, 0.5) is 11.4 Å². The monoisotopic (exact) mass is 481 g/mol. The lowest BCUT2D eigenvalue weighted by Gasteiger charge is -2.43. The zero-order valence-electron chi connectivity index (χ0n) is 23.7. The third kappa shape index (κ3) is 6.01. The first-order valence-electron chi connectivity index (χ1n) is 13.2. The Labute approximate surface area is 215 Å². The predicted molar refractivity (Wildman–Crippen MR) is 152 cm³/mol. The van der Waals surface area contributed by atoms with Crippen LogP contribution in [0.1, 0.15) is 110 Å². The minimum atomic E-state index is 0.0510. The number of benzene rings is 2. The minimum absolute atomic E-state index is 0.0510. The first kappa shape index (κ1) is 27.1. The van der Waals surface area contributed by atoms with Crippen molar-refractivity contribution < 1.29 is 0 Å². The smallest absolute Gasteiger partial charge is 0.0472 e. The van der Waals surface area contributed by atoms with Crippen molar-refractivity contribution in [2.24, 2.45) is 11.3 Å². The van der Waals surface area contributed by atoms with E-state index in [-0.39, 0.29) is 10.8 Å². The molecule has 0 atom stereocenters. The van der Waals surface area contributed by atoms with E-state index in [9.17, 15) is 0 Å². The minimum Gasteiger partial charge on any atom is -0.338 e. The molecule has 2 heteroatoms. The van der Waals surface area contributed by atoms with Crippen LogP contribution in [0.25, 0.3) is 0 Å². The van der Waals surface area contributed by atoms with E-state index in [1.165, 1.54) is 59.3 Å². The molecule has 0 unspecified atom stereocenters. The van der Waals surface area contributed by atoms with Crippen LogP contribution >= 0.6 is 11.6 Å². The Morgan fingerprint density at radius 3 is 1.59 bits per heavy atom.